The number of rotatable bonds is 7. The predicted octanol–water partition coefficient (Wildman–Crippen LogP) is 5.08. The summed E-state index contributed by atoms with van der Waals surface area (Å²) in [4.78, 5) is 24.9. The highest BCUT2D eigenvalue weighted by Gasteiger charge is 2.34. The van der Waals surface area contributed by atoms with E-state index < -0.39 is 23.9 Å². The minimum absolute atomic E-state index is 0.0831. The first-order valence-corrected chi connectivity index (χ1v) is 11.3. The maximum atomic E-state index is 13.5. The van der Waals surface area contributed by atoms with Crippen molar-refractivity contribution in [1.29, 1.82) is 0 Å². The maximum Gasteiger partial charge on any atom is 0.315 e. The second-order valence-electron chi connectivity index (χ2n) is 8.66. The Hall–Kier alpha value is -3.96. The lowest BCUT2D eigenvalue weighted by Crippen LogP contribution is -2.37. The molecule has 1 aliphatic rings. The van der Waals surface area contributed by atoms with E-state index in [4.69, 9.17) is 10.5 Å². The molecule has 0 heterocycles. The topological polar surface area (TPSA) is 89.6 Å². The van der Waals surface area contributed by atoms with Gasteiger partial charge >= 0.3 is 11.9 Å². The van der Waals surface area contributed by atoms with E-state index in [1.54, 1.807) is 0 Å². The van der Waals surface area contributed by atoms with Crippen molar-refractivity contribution < 1.29 is 19.4 Å². The largest absolute Gasteiger partial charge is 0.481 e. The number of fused-ring (bicyclic) bond motifs is 4. The number of benzene rings is 4. The monoisotopic (exact) mass is 451 g/mol. The predicted molar refractivity (Wildman–Crippen MR) is 132 cm³/mol. The summed E-state index contributed by atoms with van der Waals surface area (Å²) in [5, 5.41) is 11.2. The fraction of sp³-hybridized carbons (Fsp3) is 0.172. The molecule has 0 amide bonds. The van der Waals surface area contributed by atoms with Gasteiger partial charge < -0.3 is 15.6 Å². The second-order valence-corrected chi connectivity index (χ2v) is 8.66. The van der Waals surface area contributed by atoms with Gasteiger partial charge in [0.15, 0.2) is 0 Å². The van der Waals surface area contributed by atoms with E-state index in [1.165, 1.54) is 0 Å². The third-order valence-electron chi connectivity index (χ3n) is 6.61. The highest BCUT2D eigenvalue weighted by molar-refractivity contribution is 5.92. The molecular formula is C29H25NO4. The Kier molecular flexibility index (Phi) is 5.86. The molecule has 4 aromatic rings. The molecule has 0 saturated heterocycles. The molecule has 0 saturated carbocycles. The first kappa shape index (κ1) is 21.9. The molecule has 3 N–H and O–H groups in total. The van der Waals surface area contributed by atoms with Gasteiger partial charge in [0.25, 0.3) is 0 Å². The number of carbonyl (C=O) groups is 2. The standard InChI is InChI=1S/C29H25NO4/c30-26(16-27(31)32)28(24-15-7-9-18-8-1-2-10-19(18)24)29(33)34-17-25-22-13-5-3-11-20(22)21-12-4-6-14-23(21)25/h1-15,25-26,28H,16-17,30H2,(H,31,32)/t26-,28?/m1/s1. The molecule has 0 fully saturated rings. The van der Waals surface area contributed by atoms with Crippen LogP contribution in [0.3, 0.4) is 0 Å². The van der Waals surface area contributed by atoms with Crippen LogP contribution in [0.4, 0.5) is 0 Å². The van der Waals surface area contributed by atoms with Gasteiger partial charge in [0.2, 0.25) is 0 Å². The molecule has 34 heavy (non-hydrogen) atoms. The van der Waals surface area contributed by atoms with Crippen molar-refractivity contribution >= 4 is 22.7 Å². The Morgan fingerprint density at radius 2 is 1.41 bits per heavy atom. The molecule has 1 aliphatic carbocycles. The highest BCUT2D eigenvalue weighted by Crippen LogP contribution is 2.44. The molecule has 0 spiro atoms. The highest BCUT2D eigenvalue weighted by atomic mass is 16.5. The second kappa shape index (κ2) is 9.12. The molecule has 0 aliphatic heterocycles. The zero-order chi connectivity index (χ0) is 23.7. The van der Waals surface area contributed by atoms with E-state index >= 15 is 0 Å². The molecule has 0 bridgehead atoms. The molecule has 5 heteroatoms. The first-order valence-electron chi connectivity index (χ1n) is 11.3. The third kappa shape index (κ3) is 3.95. The van der Waals surface area contributed by atoms with Gasteiger partial charge in [0.05, 0.1) is 12.3 Å². The molecule has 0 aromatic heterocycles. The van der Waals surface area contributed by atoms with E-state index in [9.17, 15) is 14.7 Å². The van der Waals surface area contributed by atoms with Crippen molar-refractivity contribution in [3.8, 4) is 11.1 Å². The lowest BCUT2D eigenvalue weighted by molar-refractivity contribution is -0.146. The van der Waals surface area contributed by atoms with Crippen LogP contribution in [0.25, 0.3) is 21.9 Å². The zero-order valence-corrected chi connectivity index (χ0v) is 18.6. The molecule has 2 atom stereocenters. The van der Waals surface area contributed by atoms with Gasteiger partial charge in [-0.2, -0.15) is 0 Å². The Labute approximate surface area is 197 Å². The smallest absolute Gasteiger partial charge is 0.315 e. The number of carboxylic acids is 1. The summed E-state index contributed by atoms with van der Waals surface area (Å²) in [5.41, 5.74) is 11.5. The van der Waals surface area contributed by atoms with Crippen molar-refractivity contribution in [3.63, 3.8) is 0 Å². The van der Waals surface area contributed by atoms with Crippen LogP contribution in [-0.4, -0.2) is 29.7 Å². The summed E-state index contributed by atoms with van der Waals surface area (Å²) in [6.45, 7) is 0.161. The minimum Gasteiger partial charge on any atom is -0.481 e. The Morgan fingerprint density at radius 1 is 0.824 bits per heavy atom. The fourth-order valence-corrected chi connectivity index (χ4v) is 5.07. The molecule has 0 radical (unpaired) electrons. The Bertz CT molecular complexity index is 1330. The summed E-state index contributed by atoms with van der Waals surface area (Å²) in [7, 11) is 0. The molecule has 5 rings (SSSR count). The van der Waals surface area contributed by atoms with Crippen molar-refractivity contribution in [2.24, 2.45) is 5.73 Å². The molecule has 170 valence electrons. The average molecular weight is 452 g/mol. The summed E-state index contributed by atoms with van der Waals surface area (Å²) in [6, 6.07) is 28.7. The van der Waals surface area contributed by atoms with Crippen molar-refractivity contribution in [1.82, 2.24) is 0 Å². The van der Waals surface area contributed by atoms with Crippen molar-refractivity contribution in [3.05, 3.63) is 108 Å². The van der Waals surface area contributed by atoms with Crippen LogP contribution in [0.5, 0.6) is 0 Å². The van der Waals surface area contributed by atoms with Crippen LogP contribution in [0.15, 0.2) is 91.0 Å². The van der Waals surface area contributed by atoms with E-state index in [2.05, 4.69) is 24.3 Å². The van der Waals surface area contributed by atoms with Crippen molar-refractivity contribution in [2.75, 3.05) is 6.61 Å². The third-order valence-corrected chi connectivity index (χ3v) is 6.61. The maximum absolute atomic E-state index is 13.5. The van der Waals surface area contributed by atoms with E-state index in [-0.39, 0.29) is 18.9 Å². The lowest BCUT2D eigenvalue weighted by atomic mass is 9.86. The number of nitrogens with two attached hydrogens (primary N) is 1. The van der Waals surface area contributed by atoms with Gasteiger partial charge in [0.1, 0.15) is 6.61 Å². The number of carboxylic acid groups (broad SMARTS) is 1. The quantitative estimate of drug-likeness (QED) is 0.383. The number of hydrogen-bond donors (Lipinski definition) is 2. The van der Waals surface area contributed by atoms with E-state index in [0.717, 1.165) is 33.0 Å². The van der Waals surface area contributed by atoms with Crippen LogP contribution in [-0.2, 0) is 14.3 Å². The molecule has 4 aromatic carbocycles. The van der Waals surface area contributed by atoms with Gasteiger partial charge in [0, 0.05) is 12.0 Å². The minimum atomic E-state index is -1.05. The van der Waals surface area contributed by atoms with Gasteiger partial charge in [-0.15, -0.1) is 0 Å². The van der Waals surface area contributed by atoms with Gasteiger partial charge in [-0.05, 0) is 38.6 Å². The summed E-state index contributed by atoms with van der Waals surface area (Å²) >= 11 is 0. The van der Waals surface area contributed by atoms with E-state index in [1.807, 2.05) is 66.7 Å². The normalized spacial score (nSPS) is 14.3. The molecule has 1 unspecified atom stereocenters. The van der Waals surface area contributed by atoms with Crippen LogP contribution < -0.4 is 5.73 Å². The van der Waals surface area contributed by atoms with E-state index in [0.29, 0.717) is 5.56 Å². The Balaban J connectivity index is 1.47. The first-order chi connectivity index (χ1) is 16.5. The number of carbonyl (C=O) groups excluding carboxylic acids is 1. The molecular weight excluding hydrogens is 426 g/mol. The fourth-order valence-electron chi connectivity index (χ4n) is 5.07. The van der Waals surface area contributed by atoms with Crippen LogP contribution in [0.1, 0.15) is 34.9 Å². The van der Waals surface area contributed by atoms with Gasteiger partial charge in [-0.1, -0.05) is 91.0 Å². The number of hydrogen-bond acceptors (Lipinski definition) is 4. The SMILES string of the molecule is N[C@H](CC(=O)O)C(C(=O)OCC1c2ccccc2-c2ccccc21)c1cccc2ccccc12. The summed E-state index contributed by atoms with van der Waals surface area (Å²) < 4.78 is 5.90. The number of ether oxygens (including phenoxy) is 1. The Morgan fingerprint density at radius 3 is 2.09 bits per heavy atom. The summed E-state index contributed by atoms with van der Waals surface area (Å²) in [6.07, 6.45) is -0.335. The van der Waals surface area contributed by atoms with Gasteiger partial charge in [-0.25, -0.2) is 0 Å². The lowest BCUT2D eigenvalue weighted by Gasteiger charge is -2.24. The van der Waals surface area contributed by atoms with Crippen molar-refractivity contribution in [2.45, 2.75) is 24.3 Å². The van der Waals surface area contributed by atoms with Crippen LogP contribution in [0.2, 0.25) is 0 Å². The summed E-state index contributed by atoms with van der Waals surface area (Å²) in [5.74, 6) is -2.54. The number of esters is 1. The molecule has 5 nitrogen and oxygen atoms in total. The van der Waals surface area contributed by atoms with Crippen LogP contribution >= 0.6 is 0 Å². The average Bonchev–Trinajstić information content (AvgIpc) is 3.16. The number of aliphatic carboxylic acids is 1. The zero-order valence-electron chi connectivity index (χ0n) is 18.6. The van der Waals surface area contributed by atoms with Crippen LogP contribution in [0, 0.1) is 0 Å². The van der Waals surface area contributed by atoms with Gasteiger partial charge in [-0.3, -0.25) is 9.59 Å².